The molecule has 0 atom stereocenters. The van der Waals surface area contributed by atoms with E-state index in [-0.39, 0.29) is 5.41 Å². The summed E-state index contributed by atoms with van der Waals surface area (Å²) < 4.78 is 0.856. The van der Waals surface area contributed by atoms with Gasteiger partial charge in [-0.05, 0) is 45.5 Å². The Morgan fingerprint density at radius 2 is 1.76 bits per heavy atom. The van der Waals surface area contributed by atoms with Gasteiger partial charge in [0.15, 0.2) is 0 Å². The molecule has 21 heavy (non-hydrogen) atoms. The van der Waals surface area contributed by atoms with E-state index in [1.165, 1.54) is 10.5 Å². The van der Waals surface area contributed by atoms with Gasteiger partial charge >= 0.3 is 0 Å². The van der Waals surface area contributed by atoms with Crippen molar-refractivity contribution in [3.05, 3.63) is 46.3 Å². The van der Waals surface area contributed by atoms with Crippen LogP contribution in [0.2, 0.25) is 0 Å². The van der Waals surface area contributed by atoms with E-state index in [0.717, 1.165) is 28.3 Å². The molecule has 0 unspecified atom stereocenters. The SMILES string of the molecule is CCCc1nc(Br)cc(Sc2ccc(C(C)(C)C)cc2)n1. The Bertz CT molecular complexity index is 603. The monoisotopic (exact) mass is 364 g/mol. The molecule has 4 heteroatoms. The first kappa shape index (κ1) is 16.5. The van der Waals surface area contributed by atoms with Gasteiger partial charge < -0.3 is 0 Å². The zero-order valence-corrected chi connectivity index (χ0v) is 15.4. The number of hydrogen-bond donors (Lipinski definition) is 0. The summed E-state index contributed by atoms with van der Waals surface area (Å²) in [5.74, 6) is 0.903. The van der Waals surface area contributed by atoms with Gasteiger partial charge in [-0.25, -0.2) is 9.97 Å². The quantitative estimate of drug-likeness (QED) is 0.656. The van der Waals surface area contributed by atoms with E-state index in [1.54, 1.807) is 11.8 Å². The minimum absolute atomic E-state index is 0.190. The molecule has 0 fully saturated rings. The molecule has 0 saturated carbocycles. The smallest absolute Gasteiger partial charge is 0.130 e. The minimum atomic E-state index is 0.190. The van der Waals surface area contributed by atoms with Gasteiger partial charge in [-0.1, -0.05) is 51.6 Å². The topological polar surface area (TPSA) is 25.8 Å². The molecule has 0 saturated heterocycles. The Hall–Kier alpha value is -0.870. The first-order valence-electron chi connectivity index (χ1n) is 7.20. The lowest BCUT2D eigenvalue weighted by atomic mass is 9.87. The fraction of sp³-hybridized carbons (Fsp3) is 0.412. The molecule has 112 valence electrons. The number of benzene rings is 1. The molecule has 1 heterocycles. The van der Waals surface area contributed by atoms with Gasteiger partial charge in [0.05, 0.1) is 0 Å². The van der Waals surface area contributed by atoms with Gasteiger partial charge in [0.25, 0.3) is 0 Å². The highest BCUT2D eigenvalue weighted by atomic mass is 79.9. The summed E-state index contributed by atoms with van der Waals surface area (Å²) in [4.78, 5) is 10.2. The standard InChI is InChI=1S/C17H21BrN2S/c1-5-6-15-19-14(18)11-16(20-15)21-13-9-7-12(8-10-13)17(2,3)4/h7-11H,5-6H2,1-4H3. The van der Waals surface area contributed by atoms with Crippen molar-refractivity contribution in [3.8, 4) is 0 Å². The third kappa shape index (κ3) is 4.82. The highest BCUT2D eigenvalue weighted by Crippen LogP contribution is 2.30. The Labute approximate surface area is 139 Å². The Kier molecular flexibility index (Phi) is 5.44. The summed E-state index contributed by atoms with van der Waals surface area (Å²) in [6.07, 6.45) is 1.97. The van der Waals surface area contributed by atoms with E-state index < -0.39 is 0 Å². The molecular weight excluding hydrogens is 344 g/mol. The zero-order chi connectivity index (χ0) is 15.5. The minimum Gasteiger partial charge on any atom is -0.226 e. The molecule has 2 aromatic rings. The Morgan fingerprint density at radius 3 is 2.33 bits per heavy atom. The van der Waals surface area contributed by atoms with Crippen molar-refractivity contribution in [2.75, 3.05) is 0 Å². The van der Waals surface area contributed by atoms with E-state index in [9.17, 15) is 0 Å². The zero-order valence-electron chi connectivity index (χ0n) is 13.0. The number of nitrogens with zero attached hydrogens (tertiary/aromatic N) is 2. The van der Waals surface area contributed by atoms with Crippen LogP contribution < -0.4 is 0 Å². The molecule has 2 nitrogen and oxygen atoms in total. The lowest BCUT2D eigenvalue weighted by molar-refractivity contribution is 0.590. The van der Waals surface area contributed by atoms with Crippen LogP contribution in [0.15, 0.2) is 44.9 Å². The molecule has 1 aromatic heterocycles. The van der Waals surface area contributed by atoms with Crippen LogP contribution in [0.4, 0.5) is 0 Å². The number of aromatic nitrogens is 2. The van der Waals surface area contributed by atoms with E-state index >= 15 is 0 Å². The van der Waals surface area contributed by atoms with Crippen LogP contribution in [0.5, 0.6) is 0 Å². The van der Waals surface area contributed by atoms with Gasteiger partial charge in [0.1, 0.15) is 15.5 Å². The van der Waals surface area contributed by atoms with Crippen LogP contribution in [-0.4, -0.2) is 9.97 Å². The first-order chi connectivity index (χ1) is 9.88. The second-order valence-electron chi connectivity index (χ2n) is 6.07. The third-order valence-corrected chi connectivity index (χ3v) is 4.47. The van der Waals surface area contributed by atoms with Crippen molar-refractivity contribution >= 4 is 27.7 Å². The van der Waals surface area contributed by atoms with Crippen LogP contribution in [-0.2, 0) is 11.8 Å². The third-order valence-electron chi connectivity index (χ3n) is 3.13. The number of hydrogen-bond acceptors (Lipinski definition) is 3. The van der Waals surface area contributed by atoms with Crippen LogP contribution in [0.1, 0.15) is 45.5 Å². The summed E-state index contributed by atoms with van der Waals surface area (Å²) in [7, 11) is 0. The second kappa shape index (κ2) is 6.93. The molecule has 0 aliphatic rings. The molecule has 0 aliphatic carbocycles. The lowest BCUT2D eigenvalue weighted by Gasteiger charge is -2.19. The molecule has 2 rings (SSSR count). The molecule has 1 aromatic carbocycles. The molecular formula is C17H21BrN2S. The highest BCUT2D eigenvalue weighted by Gasteiger charge is 2.13. The maximum Gasteiger partial charge on any atom is 0.130 e. The fourth-order valence-corrected chi connectivity index (χ4v) is 3.38. The second-order valence-corrected chi connectivity index (χ2v) is 7.98. The van der Waals surface area contributed by atoms with Crippen molar-refractivity contribution in [1.29, 1.82) is 0 Å². The van der Waals surface area contributed by atoms with Gasteiger partial charge in [-0.15, -0.1) is 0 Å². The molecule has 0 aliphatic heterocycles. The molecule has 0 N–H and O–H groups in total. The van der Waals surface area contributed by atoms with Crippen molar-refractivity contribution < 1.29 is 0 Å². The van der Waals surface area contributed by atoms with Gasteiger partial charge in [-0.3, -0.25) is 0 Å². The average Bonchev–Trinajstić information content (AvgIpc) is 2.38. The largest absolute Gasteiger partial charge is 0.226 e. The Balaban J connectivity index is 2.18. The number of halogens is 1. The maximum absolute atomic E-state index is 4.61. The van der Waals surface area contributed by atoms with Gasteiger partial charge in [0, 0.05) is 17.4 Å². The molecule has 0 radical (unpaired) electrons. The predicted octanol–water partition coefficient (Wildman–Crippen LogP) is 5.64. The van der Waals surface area contributed by atoms with Crippen LogP contribution >= 0.6 is 27.7 Å². The predicted molar refractivity (Wildman–Crippen MR) is 93.0 cm³/mol. The number of rotatable bonds is 4. The Morgan fingerprint density at radius 1 is 1.10 bits per heavy atom. The van der Waals surface area contributed by atoms with E-state index in [4.69, 9.17) is 0 Å². The first-order valence-corrected chi connectivity index (χ1v) is 8.81. The normalized spacial score (nSPS) is 11.7. The summed E-state index contributed by atoms with van der Waals surface area (Å²) in [5, 5.41) is 0.990. The summed E-state index contributed by atoms with van der Waals surface area (Å²) >= 11 is 5.15. The average molecular weight is 365 g/mol. The molecule has 0 bridgehead atoms. The van der Waals surface area contributed by atoms with Gasteiger partial charge in [-0.2, -0.15) is 0 Å². The van der Waals surface area contributed by atoms with Crippen molar-refractivity contribution in [2.45, 2.75) is 55.9 Å². The maximum atomic E-state index is 4.61. The van der Waals surface area contributed by atoms with E-state index in [2.05, 4.69) is 77.9 Å². The van der Waals surface area contributed by atoms with Crippen LogP contribution in [0.3, 0.4) is 0 Å². The molecule has 0 amide bonds. The van der Waals surface area contributed by atoms with Gasteiger partial charge in [0.2, 0.25) is 0 Å². The van der Waals surface area contributed by atoms with E-state index in [0.29, 0.717) is 0 Å². The highest BCUT2D eigenvalue weighted by molar-refractivity contribution is 9.10. The van der Waals surface area contributed by atoms with Crippen molar-refractivity contribution in [2.24, 2.45) is 0 Å². The van der Waals surface area contributed by atoms with Crippen molar-refractivity contribution in [1.82, 2.24) is 9.97 Å². The van der Waals surface area contributed by atoms with Crippen LogP contribution in [0.25, 0.3) is 0 Å². The number of aryl methyl sites for hydroxylation is 1. The van der Waals surface area contributed by atoms with Crippen LogP contribution in [0, 0.1) is 0 Å². The fourth-order valence-electron chi connectivity index (χ4n) is 1.97. The summed E-state index contributed by atoms with van der Waals surface area (Å²) in [6, 6.07) is 10.7. The summed E-state index contributed by atoms with van der Waals surface area (Å²) in [6.45, 7) is 8.83. The van der Waals surface area contributed by atoms with Crippen molar-refractivity contribution in [3.63, 3.8) is 0 Å². The summed E-state index contributed by atoms with van der Waals surface area (Å²) in [5.41, 5.74) is 1.54. The lowest BCUT2D eigenvalue weighted by Crippen LogP contribution is -2.10. The van der Waals surface area contributed by atoms with E-state index in [1.807, 2.05) is 6.07 Å². The molecule has 0 spiro atoms.